The molecule has 0 bridgehead atoms. The summed E-state index contributed by atoms with van der Waals surface area (Å²) >= 11 is 13.3. The van der Waals surface area contributed by atoms with Gasteiger partial charge in [-0.2, -0.15) is 0 Å². The predicted octanol–water partition coefficient (Wildman–Crippen LogP) is 8.74. The lowest BCUT2D eigenvalue weighted by atomic mass is 10.0. The number of morpholine rings is 1. The first kappa shape index (κ1) is 31.0. The Labute approximate surface area is 258 Å². The number of nitrogens with zero attached hydrogens (tertiary/aromatic N) is 2. The van der Waals surface area contributed by atoms with Crippen LogP contribution in [0, 0.1) is 6.92 Å². The molecule has 3 aromatic rings. The number of amidine groups is 1. The Morgan fingerprint density at radius 3 is 2.26 bits per heavy atom. The van der Waals surface area contributed by atoms with E-state index in [9.17, 15) is 0 Å². The average Bonchev–Trinajstić information content (AvgIpc) is 2.99. The molecular formula is C33H36Cl2N4O3. The van der Waals surface area contributed by atoms with E-state index >= 15 is 0 Å². The smallest absolute Gasteiger partial charge is 0.141 e. The second-order valence-electron chi connectivity index (χ2n) is 9.72. The van der Waals surface area contributed by atoms with Gasteiger partial charge in [0.05, 0.1) is 54.5 Å². The van der Waals surface area contributed by atoms with Gasteiger partial charge < -0.3 is 29.7 Å². The molecule has 2 N–H and O–H groups in total. The molecule has 1 aliphatic heterocycles. The lowest BCUT2D eigenvalue weighted by Crippen LogP contribution is -2.36. The van der Waals surface area contributed by atoms with Crippen molar-refractivity contribution in [1.82, 2.24) is 0 Å². The van der Waals surface area contributed by atoms with E-state index in [1.165, 1.54) is 0 Å². The summed E-state index contributed by atoms with van der Waals surface area (Å²) in [5.41, 5.74) is 7.58. The summed E-state index contributed by atoms with van der Waals surface area (Å²) in [5, 5.41) is 7.66. The van der Waals surface area contributed by atoms with Crippen LogP contribution >= 0.6 is 23.2 Å². The molecule has 42 heavy (non-hydrogen) atoms. The lowest BCUT2D eigenvalue weighted by Gasteiger charge is -2.30. The number of hydrogen-bond donors (Lipinski definition) is 2. The Kier molecular flexibility index (Phi) is 10.2. The van der Waals surface area contributed by atoms with E-state index < -0.39 is 0 Å². The third-order valence-corrected chi connectivity index (χ3v) is 7.69. The van der Waals surface area contributed by atoms with Crippen LogP contribution in [0.4, 0.5) is 22.7 Å². The predicted molar refractivity (Wildman–Crippen MR) is 179 cm³/mol. The van der Waals surface area contributed by atoms with Gasteiger partial charge in [-0.15, -0.1) is 0 Å². The molecule has 1 heterocycles. The summed E-state index contributed by atoms with van der Waals surface area (Å²) in [6, 6.07) is 11.7. The van der Waals surface area contributed by atoms with E-state index in [-0.39, 0.29) is 0 Å². The van der Waals surface area contributed by atoms with Gasteiger partial charge in [0.1, 0.15) is 17.3 Å². The van der Waals surface area contributed by atoms with Crippen LogP contribution in [0.1, 0.15) is 18.1 Å². The fourth-order valence-electron chi connectivity index (χ4n) is 4.76. The molecule has 0 unspecified atom stereocenters. The molecule has 3 aromatic carbocycles. The monoisotopic (exact) mass is 606 g/mol. The molecular weight excluding hydrogens is 571 g/mol. The number of nitrogens with one attached hydrogen (secondary N) is 2. The Hall–Kier alpha value is -3.91. The lowest BCUT2D eigenvalue weighted by molar-refractivity contribution is 0.122. The second-order valence-corrected chi connectivity index (χ2v) is 10.5. The highest BCUT2D eigenvalue weighted by atomic mass is 35.5. The van der Waals surface area contributed by atoms with Gasteiger partial charge in [-0.25, -0.2) is 4.99 Å². The van der Waals surface area contributed by atoms with E-state index in [1.54, 1.807) is 32.4 Å². The summed E-state index contributed by atoms with van der Waals surface area (Å²) in [6.07, 6.45) is 3.44. The maximum atomic E-state index is 6.67. The van der Waals surface area contributed by atoms with Gasteiger partial charge in [0.25, 0.3) is 0 Å². The van der Waals surface area contributed by atoms with E-state index in [0.717, 1.165) is 52.5 Å². The minimum atomic E-state index is 0.393. The fraction of sp³-hybridized carbons (Fsp3) is 0.242. The molecule has 1 saturated heterocycles. The molecule has 0 atom stereocenters. The number of benzene rings is 3. The molecule has 0 amide bonds. The van der Waals surface area contributed by atoms with Gasteiger partial charge >= 0.3 is 0 Å². The minimum absolute atomic E-state index is 0.393. The number of aryl methyl sites for hydroxylation is 1. The van der Waals surface area contributed by atoms with Crippen molar-refractivity contribution in [1.29, 1.82) is 0 Å². The molecule has 1 aliphatic rings. The number of ether oxygens (including phenoxy) is 3. The Balaban J connectivity index is 1.70. The first-order chi connectivity index (χ1) is 20.2. The van der Waals surface area contributed by atoms with Crippen molar-refractivity contribution < 1.29 is 14.2 Å². The van der Waals surface area contributed by atoms with Gasteiger partial charge in [0.15, 0.2) is 0 Å². The quantitative estimate of drug-likeness (QED) is 0.137. The molecule has 0 radical (unpaired) electrons. The number of allylic oxidation sites excluding steroid dienone is 1. The van der Waals surface area contributed by atoms with E-state index in [2.05, 4.69) is 54.3 Å². The number of halogens is 2. The maximum Gasteiger partial charge on any atom is 0.141 e. The third kappa shape index (κ3) is 6.76. The molecule has 7 nitrogen and oxygen atoms in total. The molecule has 0 aliphatic carbocycles. The average molecular weight is 608 g/mol. The van der Waals surface area contributed by atoms with Gasteiger partial charge in [-0.1, -0.05) is 55.1 Å². The van der Waals surface area contributed by atoms with Crippen molar-refractivity contribution in [2.24, 2.45) is 4.99 Å². The van der Waals surface area contributed by atoms with Gasteiger partial charge in [-0.3, -0.25) is 0 Å². The van der Waals surface area contributed by atoms with Gasteiger partial charge in [0, 0.05) is 41.7 Å². The topological polar surface area (TPSA) is 67.4 Å². The zero-order chi connectivity index (χ0) is 30.4. The summed E-state index contributed by atoms with van der Waals surface area (Å²) in [7, 11) is 3.10. The van der Waals surface area contributed by atoms with Crippen molar-refractivity contribution in [2.75, 3.05) is 56.1 Å². The van der Waals surface area contributed by atoms with Gasteiger partial charge in [-0.05, 0) is 55.3 Å². The SMILES string of the molecule is C=CC(=C)Nc1cc(N2CCOCC2)cc(C)c1N/C(C)=N/c1ccc(-c2c(Cl)c(OC)cc(OC)c2Cl)cc1C=C. The minimum Gasteiger partial charge on any atom is -0.495 e. The van der Waals surface area contributed by atoms with Crippen LogP contribution < -0.4 is 25.0 Å². The molecule has 0 saturated carbocycles. The summed E-state index contributed by atoms with van der Waals surface area (Å²) in [5.74, 6) is 1.63. The van der Waals surface area contributed by atoms with Crippen LogP contribution in [0.3, 0.4) is 0 Å². The highest BCUT2D eigenvalue weighted by Crippen LogP contribution is 2.46. The standard InChI is InChI=1S/C33H36Cl2N4O3/c1-8-21(4)36-27-18-25(39-12-14-42-15-13-39)16-20(3)33(27)38-22(5)37-26-11-10-24(17-23(26)9-2)30-31(34)28(40-6)19-29(41-7)32(30)35/h8-11,16-19,36H,1-2,4,12-15H2,3,5-7H3,(H,37,38). The number of methoxy groups -OCH3 is 2. The number of rotatable bonds is 10. The van der Waals surface area contributed by atoms with Crippen LogP contribution in [-0.4, -0.2) is 46.4 Å². The fourth-order valence-corrected chi connectivity index (χ4v) is 5.48. The van der Waals surface area contributed by atoms with Crippen LogP contribution in [0.5, 0.6) is 11.5 Å². The zero-order valence-electron chi connectivity index (χ0n) is 24.4. The number of aliphatic imine (C=N–C) groups is 1. The van der Waals surface area contributed by atoms with Crippen LogP contribution in [0.15, 0.2) is 72.9 Å². The first-order valence-corrected chi connectivity index (χ1v) is 14.2. The molecule has 0 aromatic heterocycles. The second kappa shape index (κ2) is 13.8. The van der Waals surface area contributed by atoms with Crippen molar-refractivity contribution >= 4 is 57.9 Å². The van der Waals surface area contributed by atoms with Crippen molar-refractivity contribution in [3.8, 4) is 22.6 Å². The van der Waals surface area contributed by atoms with Crippen molar-refractivity contribution in [2.45, 2.75) is 13.8 Å². The number of anilines is 3. The van der Waals surface area contributed by atoms with Crippen molar-refractivity contribution in [3.63, 3.8) is 0 Å². The maximum absolute atomic E-state index is 6.67. The first-order valence-electron chi connectivity index (χ1n) is 13.5. The van der Waals surface area contributed by atoms with Crippen LogP contribution in [0.2, 0.25) is 10.0 Å². The molecule has 220 valence electrons. The molecule has 9 heteroatoms. The Bertz CT molecular complexity index is 1520. The summed E-state index contributed by atoms with van der Waals surface area (Å²) < 4.78 is 16.4. The summed E-state index contributed by atoms with van der Waals surface area (Å²) in [6.45, 7) is 19.0. The highest BCUT2D eigenvalue weighted by molar-refractivity contribution is 6.41. The normalized spacial score (nSPS) is 13.4. The zero-order valence-corrected chi connectivity index (χ0v) is 26.0. The Morgan fingerprint density at radius 2 is 1.67 bits per heavy atom. The largest absolute Gasteiger partial charge is 0.495 e. The van der Waals surface area contributed by atoms with Crippen LogP contribution in [0.25, 0.3) is 17.2 Å². The van der Waals surface area contributed by atoms with Crippen molar-refractivity contribution in [3.05, 3.63) is 89.1 Å². The molecule has 0 spiro atoms. The van der Waals surface area contributed by atoms with E-state index in [4.69, 9.17) is 42.4 Å². The Morgan fingerprint density at radius 1 is 1.00 bits per heavy atom. The third-order valence-electron chi connectivity index (χ3n) is 6.94. The van der Waals surface area contributed by atoms with E-state index in [1.807, 2.05) is 25.1 Å². The van der Waals surface area contributed by atoms with Gasteiger partial charge in [0.2, 0.25) is 0 Å². The molecule has 4 rings (SSSR count). The summed E-state index contributed by atoms with van der Waals surface area (Å²) in [4.78, 5) is 7.20. The highest BCUT2D eigenvalue weighted by Gasteiger charge is 2.20. The molecule has 1 fully saturated rings. The number of hydrogen-bond acceptors (Lipinski definition) is 6. The van der Waals surface area contributed by atoms with Crippen LogP contribution in [-0.2, 0) is 4.74 Å². The van der Waals surface area contributed by atoms with E-state index in [0.29, 0.717) is 51.9 Å².